The van der Waals surface area contributed by atoms with E-state index >= 15 is 0 Å². The van der Waals surface area contributed by atoms with E-state index in [1.807, 2.05) is 0 Å². The van der Waals surface area contributed by atoms with Crippen molar-refractivity contribution in [2.24, 2.45) is 0 Å². The maximum Gasteiger partial charge on any atom is 0.350 e. The Morgan fingerprint density at radius 1 is 0.953 bits per heavy atom. The second-order valence-corrected chi connectivity index (χ2v) is 9.90. The molecule has 222 valence electrons. The van der Waals surface area contributed by atoms with E-state index < -0.39 is 48.5 Å². The Kier molecular flexibility index (Phi) is 8.58. The van der Waals surface area contributed by atoms with Crippen LogP contribution in [0.1, 0.15) is 46.2 Å². The SMILES string of the molecule is O=C(OC[C@H]1O[C@@H](n2ccc(-c3nn[nH]n3)nc2=O)[C@H](OC2CCCCO2)[C@@H]1OC(=O)c1ccccc1)c1ccccc1. The summed E-state index contributed by atoms with van der Waals surface area (Å²) < 4.78 is 31.2. The maximum atomic E-state index is 13.3. The van der Waals surface area contributed by atoms with Gasteiger partial charge in [0, 0.05) is 12.8 Å². The van der Waals surface area contributed by atoms with Crippen LogP contribution < -0.4 is 5.69 Å². The van der Waals surface area contributed by atoms with Gasteiger partial charge in [0.05, 0.1) is 11.1 Å². The third kappa shape index (κ3) is 6.51. The lowest BCUT2D eigenvalue weighted by Gasteiger charge is -2.31. The van der Waals surface area contributed by atoms with E-state index in [0.29, 0.717) is 24.2 Å². The van der Waals surface area contributed by atoms with Gasteiger partial charge < -0.3 is 23.7 Å². The van der Waals surface area contributed by atoms with Crippen LogP contribution in [0, 0.1) is 0 Å². The van der Waals surface area contributed by atoms with E-state index in [4.69, 9.17) is 23.7 Å². The standard InChI is InChI=1S/C29H28N6O8/c36-27(18-9-3-1-4-10-18)40-17-21-23(43-28(37)19-11-5-2-6-12-19)24(42-22-13-7-8-16-39-22)26(41-21)35-15-14-20(30-29(35)38)25-31-33-34-32-25/h1-6,9-12,14-15,21-24,26H,7-8,13,16-17H2,(H,31,32,33,34)/t21-,22?,23-,24-,26-/m1/s1. The van der Waals surface area contributed by atoms with Crippen molar-refractivity contribution >= 4 is 11.9 Å². The summed E-state index contributed by atoms with van der Waals surface area (Å²) in [6.45, 7) is 0.210. The largest absolute Gasteiger partial charge is 0.459 e. The van der Waals surface area contributed by atoms with Gasteiger partial charge in [0.1, 0.15) is 24.5 Å². The fraction of sp³-hybridized carbons (Fsp3) is 0.345. The first-order chi connectivity index (χ1) is 21.1. The minimum atomic E-state index is -1.11. The van der Waals surface area contributed by atoms with Crippen LogP contribution in [0.2, 0.25) is 0 Å². The average molecular weight is 589 g/mol. The molecule has 0 amide bonds. The van der Waals surface area contributed by atoms with Crippen LogP contribution in [0.25, 0.3) is 11.5 Å². The molecule has 2 aromatic carbocycles. The number of ether oxygens (including phenoxy) is 5. The fourth-order valence-electron chi connectivity index (χ4n) is 4.93. The van der Waals surface area contributed by atoms with E-state index in [1.54, 1.807) is 60.7 Å². The summed E-state index contributed by atoms with van der Waals surface area (Å²) in [5.74, 6) is -1.08. The lowest BCUT2D eigenvalue weighted by atomic mass is 10.1. The van der Waals surface area contributed by atoms with Crippen LogP contribution in [0.15, 0.2) is 77.7 Å². The zero-order valence-electron chi connectivity index (χ0n) is 22.9. The second-order valence-electron chi connectivity index (χ2n) is 9.90. The van der Waals surface area contributed by atoms with Crippen LogP contribution in [-0.2, 0) is 23.7 Å². The Labute approximate surface area is 244 Å². The highest BCUT2D eigenvalue weighted by molar-refractivity contribution is 5.90. The Balaban J connectivity index is 1.32. The number of hydrogen-bond donors (Lipinski definition) is 1. The predicted molar refractivity (Wildman–Crippen MR) is 146 cm³/mol. The predicted octanol–water partition coefficient (Wildman–Crippen LogP) is 2.32. The fourth-order valence-corrected chi connectivity index (χ4v) is 4.93. The van der Waals surface area contributed by atoms with Crippen LogP contribution in [0.5, 0.6) is 0 Å². The molecule has 0 bridgehead atoms. The lowest BCUT2D eigenvalue weighted by molar-refractivity contribution is -0.215. The molecule has 0 saturated carbocycles. The van der Waals surface area contributed by atoms with Gasteiger partial charge in [-0.3, -0.25) is 4.57 Å². The topological polar surface area (TPSA) is 170 Å². The van der Waals surface area contributed by atoms with Crippen LogP contribution >= 0.6 is 0 Å². The number of benzene rings is 2. The molecule has 14 nitrogen and oxygen atoms in total. The van der Waals surface area contributed by atoms with Gasteiger partial charge >= 0.3 is 17.6 Å². The first kappa shape index (κ1) is 28.3. The summed E-state index contributed by atoms with van der Waals surface area (Å²) >= 11 is 0. The molecule has 14 heteroatoms. The molecule has 2 aliphatic rings. The number of aromatic nitrogens is 6. The highest BCUT2D eigenvalue weighted by atomic mass is 16.7. The van der Waals surface area contributed by atoms with Crippen LogP contribution in [0.4, 0.5) is 0 Å². The highest BCUT2D eigenvalue weighted by Crippen LogP contribution is 2.36. The van der Waals surface area contributed by atoms with E-state index in [0.717, 1.165) is 12.8 Å². The monoisotopic (exact) mass is 588 g/mol. The first-order valence-electron chi connectivity index (χ1n) is 13.8. The number of rotatable bonds is 9. The molecule has 4 heterocycles. The smallest absolute Gasteiger partial charge is 0.350 e. The molecule has 1 N–H and O–H groups in total. The summed E-state index contributed by atoms with van der Waals surface area (Å²) in [6, 6.07) is 18.4. The molecule has 0 aliphatic carbocycles. The van der Waals surface area contributed by atoms with Crippen molar-refractivity contribution in [2.75, 3.05) is 13.2 Å². The van der Waals surface area contributed by atoms with Crippen LogP contribution in [-0.4, -0.2) is 79.9 Å². The average Bonchev–Trinajstić information content (AvgIpc) is 3.70. The number of hydrogen-bond acceptors (Lipinski definition) is 12. The second kappa shape index (κ2) is 13.0. The molecule has 0 radical (unpaired) electrons. The third-order valence-electron chi connectivity index (χ3n) is 7.05. The number of nitrogens with zero attached hydrogens (tertiary/aromatic N) is 5. The quantitative estimate of drug-likeness (QED) is 0.284. The Bertz CT molecular complexity index is 1580. The van der Waals surface area contributed by atoms with Crippen molar-refractivity contribution in [3.63, 3.8) is 0 Å². The van der Waals surface area contributed by atoms with E-state index in [-0.39, 0.29) is 18.1 Å². The molecule has 1 unspecified atom stereocenters. The van der Waals surface area contributed by atoms with Gasteiger partial charge in [-0.1, -0.05) is 36.4 Å². The van der Waals surface area contributed by atoms with Crippen molar-refractivity contribution in [1.82, 2.24) is 30.2 Å². The molecule has 43 heavy (non-hydrogen) atoms. The van der Waals surface area contributed by atoms with Gasteiger partial charge in [-0.2, -0.15) is 10.2 Å². The van der Waals surface area contributed by atoms with E-state index in [9.17, 15) is 14.4 Å². The molecule has 6 rings (SSSR count). The molecular formula is C29H28N6O8. The van der Waals surface area contributed by atoms with Crippen molar-refractivity contribution in [3.8, 4) is 11.5 Å². The molecule has 2 saturated heterocycles. The Morgan fingerprint density at radius 3 is 2.35 bits per heavy atom. The molecule has 2 aromatic heterocycles. The summed E-state index contributed by atoms with van der Waals surface area (Å²) in [4.78, 5) is 43.4. The molecule has 0 spiro atoms. The number of nitrogens with one attached hydrogen (secondary N) is 1. The first-order valence-corrected chi connectivity index (χ1v) is 13.8. The van der Waals surface area contributed by atoms with Gasteiger partial charge in [-0.15, -0.1) is 10.2 Å². The minimum Gasteiger partial charge on any atom is -0.459 e. The number of aromatic amines is 1. The molecule has 4 aromatic rings. The minimum absolute atomic E-state index is 0.139. The van der Waals surface area contributed by atoms with Crippen molar-refractivity contribution in [1.29, 1.82) is 0 Å². The number of H-pyrrole nitrogens is 1. The van der Waals surface area contributed by atoms with Crippen molar-refractivity contribution in [2.45, 2.75) is 50.1 Å². The molecular weight excluding hydrogens is 560 g/mol. The highest BCUT2D eigenvalue weighted by Gasteiger charge is 2.51. The number of carbonyl (C=O) groups is 2. The zero-order valence-corrected chi connectivity index (χ0v) is 22.9. The van der Waals surface area contributed by atoms with Gasteiger partial charge in [-0.25, -0.2) is 14.4 Å². The molecule has 2 aliphatic heterocycles. The zero-order chi connectivity index (χ0) is 29.6. The molecule has 2 fully saturated rings. The van der Waals surface area contributed by atoms with E-state index in [1.165, 1.54) is 16.8 Å². The van der Waals surface area contributed by atoms with Crippen LogP contribution in [0.3, 0.4) is 0 Å². The van der Waals surface area contributed by atoms with Gasteiger partial charge in [0.25, 0.3) is 0 Å². The summed E-state index contributed by atoms with van der Waals surface area (Å²) in [6.07, 6.45) is -1.04. The number of esters is 2. The normalized spacial score (nSPS) is 23.5. The number of tetrazole rings is 1. The number of carbonyl (C=O) groups excluding carboxylic acids is 2. The summed E-state index contributed by atoms with van der Waals surface area (Å²) in [5.41, 5.74) is 0.153. The van der Waals surface area contributed by atoms with Crippen molar-refractivity contribution < 1.29 is 33.3 Å². The Hall–Kier alpha value is -4.79. The van der Waals surface area contributed by atoms with E-state index in [2.05, 4.69) is 25.6 Å². The third-order valence-corrected chi connectivity index (χ3v) is 7.05. The van der Waals surface area contributed by atoms with Gasteiger partial charge in [0.2, 0.25) is 5.82 Å². The lowest BCUT2D eigenvalue weighted by Crippen LogP contribution is -2.44. The summed E-state index contributed by atoms with van der Waals surface area (Å²) in [5, 5.41) is 13.5. The Morgan fingerprint density at radius 2 is 1.70 bits per heavy atom. The summed E-state index contributed by atoms with van der Waals surface area (Å²) in [7, 11) is 0. The molecule has 5 atom stereocenters. The van der Waals surface area contributed by atoms with Gasteiger partial charge in [-0.05, 0) is 54.8 Å². The maximum absolute atomic E-state index is 13.3. The van der Waals surface area contributed by atoms with Crippen molar-refractivity contribution in [3.05, 3.63) is 94.5 Å². The van der Waals surface area contributed by atoms with Gasteiger partial charge in [0.15, 0.2) is 18.6 Å².